The minimum Gasteiger partial charge on any atom is -0.358 e. The van der Waals surface area contributed by atoms with Crippen LogP contribution >= 0.6 is 0 Å². The Labute approximate surface area is 83.9 Å². The lowest BCUT2D eigenvalue weighted by Crippen LogP contribution is -2.02. The molecule has 0 spiro atoms. The van der Waals surface area contributed by atoms with Crippen LogP contribution in [0.15, 0.2) is 12.3 Å². The Balaban J connectivity index is 2.71. The van der Waals surface area contributed by atoms with Crippen molar-refractivity contribution in [1.82, 2.24) is 4.98 Å². The van der Waals surface area contributed by atoms with E-state index in [0.29, 0.717) is 23.9 Å². The second kappa shape index (κ2) is 3.58. The second-order valence-corrected chi connectivity index (χ2v) is 3.26. The lowest BCUT2D eigenvalue weighted by molar-refractivity contribution is 0.453. The summed E-state index contributed by atoms with van der Waals surface area (Å²) in [7, 11) is 0. The van der Waals surface area contributed by atoms with Crippen LogP contribution in [-0.4, -0.2) is 11.5 Å². The number of hydrogen-bond donors (Lipinski definition) is 2. The molecule has 1 aromatic carbocycles. The van der Waals surface area contributed by atoms with Crippen LogP contribution < -0.4 is 5.73 Å². The van der Waals surface area contributed by atoms with Crippen LogP contribution in [0, 0.1) is 17.5 Å². The minimum absolute atomic E-state index is 0.0163. The van der Waals surface area contributed by atoms with Gasteiger partial charge in [0.05, 0.1) is 5.52 Å². The lowest BCUT2D eigenvalue weighted by Gasteiger charge is -1.99. The molecule has 80 valence electrons. The number of halogens is 3. The first-order valence-electron chi connectivity index (χ1n) is 4.48. The van der Waals surface area contributed by atoms with Crippen molar-refractivity contribution in [3.05, 3.63) is 35.3 Å². The summed E-state index contributed by atoms with van der Waals surface area (Å²) in [5, 5.41) is 0.344. The SMILES string of the molecule is NCCc1c[nH]c2c(F)c(F)c(F)cc12. The number of aromatic amines is 1. The van der Waals surface area contributed by atoms with Gasteiger partial charge in [-0.3, -0.25) is 0 Å². The van der Waals surface area contributed by atoms with Crippen LogP contribution in [0.5, 0.6) is 0 Å². The van der Waals surface area contributed by atoms with Crippen molar-refractivity contribution in [3.8, 4) is 0 Å². The van der Waals surface area contributed by atoms with E-state index in [-0.39, 0.29) is 5.52 Å². The van der Waals surface area contributed by atoms with E-state index in [0.717, 1.165) is 6.07 Å². The summed E-state index contributed by atoms with van der Waals surface area (Å²) in [5.41, 5.74) is 6.01. The number of hydrogen-bond acceptors (Lipinski definition) is 1. The zero-order chi connectivity index (χ0) is 11.0. The molecule has 3 N–H and O–H groups in total. The number of aromatic nitrogens is 1. The third-order valence-electron chi connectivity index (χ3n) is 2.31. The van der Waals surface area contributed by atoms with Gasteiger partial charge in [0.1, 0.15) is 0 Å². The van der Waals surface area contributed by atoms with Crippen LogP contribution in [0.25, 0.3) is 10.9 Å². The molecular weight excluding hydrogens is 205 g/mol. The first-order chi connectivity index (χ1) is 7.15. The molecule has 2 rings (SSSR count). The van der Waals surface area contributed by atoms with Crippen molar-refractivity contribution in [3.63, 3.8) is 0 Å². The predicted molar refractivity (Wildman–Crippen MR) is 50.9 cm³/mol. The van der Waals surface area contributed by atoms with Crippen LogP contribution in [0.1, 0.15) is 5.56 Å². The van der Waals surface area contributed by atoms with E-state index in [1.54, 1.807) is 0 Å². The Bertz CT molecular complexity index is 505. The molecule has 1 heterocycles. The monoisotopic (exact) mass is 214 g/mol. The van der Waals surface area contributed by atoms with E-state index >= 15 is 0 Å². The van der Waals surface area contributed by atoms with Crippen LogP contribution in [-0.2, 0) is 6.42 Å². The van der Waals surface area contributed by atoms with Gasteiger partial charge in [-0.1, -0.05) is 0 Å². The Morgan fingerprint density at radius 3 is 2.60 bits per heavy atom. The van der Waals surface area contributed by atoms with Gasteiger partial charge >= 0.3 is 0 Å². The molecule has 0 atom stereocenters. The first-order valence-corrected chi connectivity index (χ1v) is 4.48. The normalized spacial score (nSPS) is 11.2. The number of fused-ring (bicyclic) bond motifs is 1. The van der Waals surface area contributed by atoms with Crippen LogP contribution in [0.4, 0.5) is 13.2 Å². The fourth-order valence-electron chi connectivity index (χ4n) is 1.59. The Morgan fingerprint density at radius 2 is 1.93 bits per heavy atom. The van der Waals surface area contributed by atoms with Crippen molar-refractivity contribution in [1.29, 1.82) is 0 Å². The summed E-state index contributed by atoms with van der Waals surface area (Å²) in [6, 6.07) is 0.981. The van der Waals surface area contributed by atoms with Crippen molar-refractivity contribution in [2.75, 3.05) is 6.54 Å². The van der Waals surface area contributed by atoms with Crippen molar-refractivity contribution in [2.24, 2.45) is 5.73 Å². The largest absolute Gasteiger partial charge is 0.358 e. The predicted octanol–water partition coefficient (Wildman–Crippen LogP) is 2.09. The molecule has 5 heteroatoms. The highest BCUT2D eigenvalue weighted by molar-refractivity contribution is 5.84. The first kappa shape index (κ1) is 10.0. The maximum absolute atomic E-state index is 13.2. The van der Waals surface area contributed by atoms with E-state index in [9.17, 15) is 13.2 Å². The van der Waals surface area contributed by atoms with Gasteiger partial charge in [-0.25, -0.2) is 13.2 Å². The topological polar surface area (TPSA) is 41.8 Å². The highest BCUT2D eigenvalue weighted by atomic mass is 19.2. The zero-order valence-corrected chi connectivity index (χ0v) is 7.78. The zero-order valence-electron chi connectivity index (χ0n) is 7.78. The van der Waals surface area contributed by atoms with Crippen molar-refractivity contribution >= 4 is 10.9 Å². The Hall–Kier alpha value is -1.49. The number of nitrogens with one attached hydrogen (secondary N) is 1. The molecule has 2 aromatic rings. The number of rotatable bonds is 2. The summed E-state index contributed by atoms with van der Waals surface area (Å²) >= 11 is 0. The molecular formula is C10H9F3N2. The molecule has 0 radical (unpaired) electrons. The lowest BCUT2D eigenvalue weighted by atomic mass is 10.1. The van der Waals surface area contributed by atoms with E-state index < -0.39 is 17.5 Å². The van der Waals surface area contributed by atoms with Crippen LogP contribution in [0.2, 0.25) is 0 Å². The number of benzene rings is 1. The standard InChI is InChI=1S/C10H9F3N2/c11-7-3-6-5(1-2-14)4-15-10(6)9(13)8(7)12/h3-4,15H,1-2,14H2. The highest BCUT2D eigenvalue weighted by Crippen LogP contribution is 2.25. The maximum atomic E-state index is 13.2. The molecule has 0 aliphatic heterocycles. The number of H-pyrrole nitrogens is 1. The highest BCUT2D eigenvalue weighted by Gasteiger charge is 2.16. The number of nitrogens with two attached hydrogens (primary N) is 1. The smallest absolute Gasteiger partial charge is 0.196 e. The summed E-state index contributed by atoms with van der Waals surface area (Å²) < 4.78 is 39.0. The summed E-state index contributed by atoms with van der Waals surface area (Å²) in [6.45, 7) is 0.369. The molecule has 0 bridgehead atoms. The maximum Gasteiger partial charge on any atom is 0.196 e. The van der Waals surface area contributed by atoms with E-state index in [1.165, 1.54) is 6.20 Å². The van der Waals surface area contributed by atoms with Gasteiger partial charge in [0.2, 0.25) is 0 Å². The fourth-order valence-corrected chi connectivity index (χ4v) is 1.59. The van der Waals surface area contributed by atoms with E-state index in [1.807, 2.05) is 0 Å². The van der Waals surface area contributed by atoms with Gasteiger partial charge in [0.25, 0.3) is 0 Å². The van der Waals surface area contributed by atoms with Gasteiger partial charge in [-0.05, 0) is 24.6 Å². The molecule has 0 saturated heterocycles. The molecule has 1 aromatic heterocycles. The van der Waals surface area contributed by atoms with Crippen LogP contribution in [0.3, 0.4) is 0 Å². The third-order valence-corrected chi connectivity index (χ3v) is 2.31. The molecule has 2 nitrogen and oxygen atoms in total. The van der Waals surface area contributed by atoms with Crippen molar-refractivity contribution < 1.29 is 13.2 Å². The molecule has 0 fully saturated rings. The Morgan fingerprint density at radius 1 is 1.20 bits per heavy atom. The average Bonchev–Trinajstić information content (AvgIpc) is 2.59. The van der Waals surface area contributed by atoms with Crippen molar-refractivity contribution in [2.45, 2.75) is 6.42 Å². The molecule has 0 aliphatic rings. The molecule has 0 aliphatic carbocycles. The average molecular weight is 214 g/mol. The quantitative estimate of drug-likeness (QED) is 0.738. The fraction of sp³-hybridized carbons (Fsp3) is 0.200. The van der Waals surface area contributed by atoms with Gasteiger partial charge < -0.3 is 10.7 Å². The third kappa shape index (κ3) is 1.48. The molecule has 0 amide bonds. The molecule has 0 unspecified atom stereocenters. The van der Waals surface area contributed by atoms with E-state index in [2.05, 4.69) is 4.98 Å². The summed E-state index contributed by atoms with van der Waals surface area (Å²) in [6.07, 6.45) is 2.00. The second-order valence-electron chi connectivity index (χ2n) is 3.26. The van der Waals surface area contributed by atoms with Gasteiger partial charge in [-0.15, -0.1) is 0 Å². The van der Waals surface area contributed by atoms with Gasteiger partial charge in [-0.2, -0.15) is 0 Å². The summed E-state index contributed by atoms with van der Waals surface area (Å²) in [4.78, 5) is 2.57. The summed E-state index contributed by atoms with van der Waals surface area (Å²) in [5.74, 6) is -3.82. The molecule has 15 heavy (non-hydrogen) atoms. The minimum atomic E-state index is -1.45. The van der Waals surface area contributed by atoms with E-state index in [4.69, 9.17) is 5.73 Å². The Kier molecular flexibility index (Phi) is 2.40. The molecule has 0 saturated carbocycles. The van der Waals surface area contributed by atoms with Gasteiger partial charge in [0, 0.05) is 11.6 Å². The van der Waals surface area contributed by atoms with Gasteiger partial charge in [0.15, 0.2) is 17.5 Å².